The molecule has 3 heterocycles. The maximum Gasteiger partial charge on any atom is 0.264 e. The summed E-state index contributed by atoms with van der Waals surface area (Å²) in [7, 11) is -0.904. The fourth-order valence-electron chi connectivity index (χ4n) is 8.28. The van der Waals surface area contributed by atoms with Crippen LogP contribution in [0.3, 0.4) is 0 Å². The average molecular weight is 775 g/mol. The van der Waals surface area contributed by atoms with Crippen LogP contribution in [0.2, 0.25) is 5.02 Å². The van der Waals surface area contributed by atoms with Crippen LogP contribution < -0.4 is 14.4 Å². The van der Waals surface area contributed by atoms with Crippen LogP contribution in [0, 0.1) is 5.92 Å². The molecule has 1 saturated heterocycles. The minimum atomic E-state index is -4.14. The molecule has 0 radical (unpaired) electrons. The fourth-order valence-corrected chi connectivity index (χ4v) is 9.75. The summed E-state index contributed by atoms with van der Waals surface area (Å²) in [4.78, 5) is 33.5. The van der Waals surface area contributed by atoms with Crippen molar-refractivity contribution in [2.45, 2.75) is 75.1 Å². The number of aryl methyl sites for hydroxylation is 1. The number of likely N-dealkylation sites (N-methyl/N-ethyl adjacent to an activating group) is 1. The second-order valence-corrected chi connectivity index (χ2v) is 17.5. The lowest BCUT2D eigenvalue weighted by Gasteiger charge is -2.42. The SMILES string of the molecule is COCCOCCN(C)C(=O)[C@H]1/C(F)=C/C[C@H](C)[C@@H](C)S(=O)(=O)NC(=O)c2ccc3c(c2)N(C[C@@H]2CCCN21)C[C@@]1(CCCc2cc(Cl)ccc21)CO3. The zero-order chi connectivity index (χ0) is 37.9. The number of sulfonamides is 1. The number of hydrogen-bond acceptors (Lipinski definition) is 9. The maximum absolute atomic E-state index is 16.7. The first-order chi connectivity index (χ1) is 25.3. The quantitative estimate of drug-likeness (QED) is 0.384. The predicted molar refractivity (Wildman–Crippen MR) is 203 cm³/mol. The number of ether oxygens (including phenoxy) is 3. The van der Waals surface area contributed by atoms with Crippen LogP contribution in [0.15, 0.2) is 48.3 Å². The van der Waals surface area contributed by atoms with E-state index in [0.29, 0.717) is 55.9 Å². The molecule has 2 amide bonds. The first-order valence-electron chi connectivity index (χ1n) is 18.6. The molecule has 290 valence electrons. The van der Waals surface area contributed by atoms with E-state index in [-0.39, 0.29) is 37.1 Å². The van der Waals surface area contributed by atoms with E-state index in [1.807, 2.05) is 17.0 Å². The Kier molecular flexibility index (Phi) is 12.4. The van der Waals surface area contributed by atoms with Gasteiger partial charge in [-0.05, 0) is 99.4 Å². The van der Waals surface area contributed by atoms with E-state index in [0.717, 1.165) is 32.1 Å². The molecule has 2 aromatic rings. The van der Waals surface area contributed by atoms with Crippen molar-refractivity contribution < 1.29 is 36.6 Å². The Morgan fingerprint density at radius 2 is 1.96 bits per heavy atom. The summed E-state index contributed by atoms with van der Waals surface area (Å²) < 4.78 is 63.2. The van der Waals surface area contributed by atoms with Gasteiger partial charge in [-0.25, -0.2) is 17.5 Å². The van der Waals surface area contributed by atoms with E-state index < -0.39 is 44.4 Å². The van der Waals surface area contributed by atoms with Crippen LogP contribution in [0.25, 0.3) is 0 Å². The normalized spacial score (nSPS) is 28.5. The molecular weight excluding hydrogens is 723 g/mol. The third-order valence-corrected chi connectivity index (χ3v) is 13.7. The van der Waals surface area contributed by atoms with Crippen LogP contribution >= 0.6 is 11.6 Å². The van der Waals surface area contributed by atoms with Gasteiger partial charge in [0.05, 0.1) is 37.4 Å². The van der Waals surface area contributed by atoms with Crippen molar-refractivity contribution in [2.24, 2.45) is 5.92 Å². The second kappa shape index (κ2) is 16.6. The van der Waals surface area contributed by atoms with Crippen LogP contribution in [-0.4, -0.2) is 114 Å². The number of fused-ring (bicyclic) bond motifs is 4. The molecule has 11 nitrogen and oxygen atoms in total. The highest BCUT2D eigenvalue weighted by Crippen LogP contribution is 2.45. The highest BCUT2D eigenvalue weighted by atomic mass is 35.5. The number of amides is 2. The molecule has 2 bridgehead atoms. The van der Waals surface area contributed by atoms with Crippen molar-refractivity contribution in [2.75, 3.05) is 71.7 Å². The van der Waals surface area contributed by atoms with Gasteiger partial charge in [0.15, 0.2) is 0 Å². The van der Waals surface area contributed by atoms with Crippen molar-refractivity contribution >= 4 is 39.1 Å². The van der Waals surface area contributed by atoms with Crippen LogP contribution in [0.4, 0.5) is 10.1 Å². The minimum absolute atomic E-state index is 0.0580. The summed E-state index contributed by atoms with van der Waals surface area (Å²) in [6.07, 6.45) is 5.61. The number of hydrogen-bond donors (Lipinski definition) is 1. The first-order valence-corrected chi connectivity index (χ1v) is 20.6. The highest BCUT2D eigenvalue weighted by molar-refractivity contribution is 7.90. The summed E-state index contributed by atoms with van der Waals surface area (Å²) in [5.74, 6) is -1.73. The zero-order valence-corrected chi connectivity index (χ0v) is 32.7. The van der Waals surface area contributed by atoms with Crippen LogP contribution in [0.1, 0.15) is 67.4 Å². The molecule has 1 N–H and O–H groups in total. The summed E-state index contributed by atoms with van der Waals surface area (Å²) in [5.41, 5.74) is 2.77. The lowest BCUT2D eigenvalue weighted by atomic mass is 9.70. The highest BCUT2D eigenvalue weighted by Gasteiger charge is 2.45. The molecule has 0 aromatic heterocycles. The van der Waals surface area contributed by atoms with Gasteiger partial charge in [0, 0.05) is 55.8 Å². The van der Waals surface area contributed by atoms with Crippen molar-refractivity contribution in [3.8, 4) is 5.75 Å². The van der Waals surface area contributed by atoms with E-state index in [4.69, 9.17) is 25.8 Å². The molecule has 3 aliphatic heterocycles. The zero-order valence-electron chi connectivity index (χ0n) is 31.1. The molecule has 6 rings (SSSR count). The Labute approximate surface area is 317 Å². The summed E-state index contributed by atoms with van der Waals surface area (Å²) in [6.45, 7) is 6.41. The molecule has 1 fully saturated rings. The van der Waals surface area contributed by atoms with E-state index in [2.05, 4.69) is 15.7 Å². The number of anilines is 1. The predicted octanol–water partition coefficient (Wildman–Crippen LogP) is 5.11. The third kappa shape index (κ3) is 8.54. The largest absolute Gasteiger partial charge is 0.490 e. The van der Waals surface area contributed by atoms with Gasteiger partial charge in [-0.2, -0.15) is 0 Å². The monoisotopic (exact) mass is 774 g/mol. The number of carbonyl (C=O) groups is 2. The Morgan fingerprint density at radius 3 is 2.75 bits per heavy atom. The van der Waals surface area contributed by atoms with E-state index in [1.165, 1.54) is 29.0 Å². The van der Waals surface area contributed by atoms with E-state index in [1.54, 1.807) is 39.3 Å². The third-order valence-electron chi connectivity index (χ3n) is 11.6. The Bertz CT molecular complexity index is 1810. The van der Waals surface area contributed by atoms with Gasteiger partial charge >= 0.3 is 0 Å². The number of nitrogens with zero attached hydrogens (tertiary/aromatic N) is 3. The Hall–Kier alpha value is -3.23. The molecule has 5 atom stereocenters. The molecule has 2 aromatic carbocycles. The number of nitrogens with one attached hydrogen (secondary N) is 1. The van der Waals surface area contributed by atoms with Crippen LogP contribution in [0.5, 0.6) is 5.75 Å². The van der Waals surface area contributed by atoms with Gasteiger partial charge in [-0.3, -0.25) is 14.5 Å². The number of benzene rings is 2. The molecular formula is C39H52ClFN4O7S. The molecule has 1 spiro atoms. The van der Waals surface area contributed by atoms with E-state index >= 15 is 4.39 Å². The second-order valence-electron chi connectivity index (χ2n) is 15.1. The van der Waals surface area contributed by atoms with Crippen molar-refractivity contribution in [3.05, 3.63) is 70.0 Å². The van der Waals surface area contributed by atoms with Gasteiger partial charge in [0.25, 0.3) is 5.91 Å². The van der Waals surface area contributed by atoms with Gasteiger partial charge in [-0.1, -0.05) is 30.7 Å². The Morgan fingerprint density at radius 1 is 1.15 bits per heavy atom. The lowest BCUT2D eigenvalue weighted by molar-refractivity contribution is -0.136. The minimum Gasteiger partial charge on any atom is -0.490 e. The van der Waals surface area contributed by atoms with Crippen molar-refractivity contribution in [1.82, 2.24) is 14.5 Å². The summed E-state index contributed by atoms with van der Waals surface area (Å²) in [5, 5.41) is -0.346. The number of allylic oxidation sites excluding steroid dienone is 1. The molecule has 4 aliphatic rings. The number of methoxy groups -OCH3 is 1. The Balaban J connectivity index is 1.42. The summed E-state index contributed by atoms with van der Waals surface area (Å²) in [6, 6.07) is 9.64. The van der Waals surface area contributed by atoms with Gasteiger partial charge in [0.2, 0.25) is 15.9 Å². The topological polar surface area (TPSA) is 118 Å². The van der Waals surface area contributed by atoms with Crippen LogP contribution in [-0.2, 0) is 36.1 Å². The number of carbonyl (C=O) groups excluding carboxylic acids is 2. The number of halogens is 2. The molecule has 53 heavy (non-hydrogen) atoms. The van der Waals surface area contributed by atoms with E-state index in [9.17, 15) is 18.0 Å². The van der Waals surface area contributed by atoms with Gasteiger partial charge in [0.1, 0.15) is 17.6 Å². The molecule has 1 aliphatic carbocycles. The average Bonchev–Trinajstić information content (AvgIpc) is 3.52. The van der Waals surface area contributed by atoms with Gasteiger partial charge in [-0.15, -0.1) is 0 Å². The number of rotatable bonds is 7. The smallest absolute Gasteiger partial charge is 0.264 e. The van der Waals surface area contributed by atoms with Crippen molar-refractivity contribution in [3.63, 3.8) is 0 Å². The molecule has 14 heteroatoms. The lowest BCUT2D eigenvalue weighted by Crippen LogP contribution is -2.54. The first kappa shape index (κ1) is 39.5. The maximum atomic E-state index is 16.7. The molecule has 0 unspecified atom stereocenters. The molecule has 0 saturated carbocycles. The van der Waals surface area contributed by atoms with Gasteiger partial charge < -0.3 is 24.0 Å². The summed E-state index contributed by atoms with van der Waals surface area (Å²) >= 11 is 6.45. The fraction of sp³-hybridized carbons (Fsp3) is 0.590. The standard InChI is InChI=1S/C39H52ClFN4O7S/c1-26-9-13-33(41)36(38(47)43(3)17-18-51-20-19-50-4)45-16-6-8-31(45)23-44-24-39(15-5-7-28-21-30(40)11-12-32(28)39)25-52-35-14-10-29(22-34(35)44)37(46)42-53(48,49)27(26)2/h10-14,21-22,26-27,31,36H,5-9,15-20,23-25H2,1-4H3,(H,42,46)/b33-13-/t26-,27+,31-,36+,39-/m0/s1. The van der Waals surface area contributed by atoms with Crippen molar-refractivity contribution in [1.29, 1.82) is 0 Å².